The molecule has 1 aromatic carbocycles. The highest BCUT2D eigenvalue weighted by atomic mass is 35.5. The number of hydrogen-bond acceptors (Lipinski definition) is 2. The molecule has 96 valence electrons. The fraction of sp³-hybridized carbons (Fsp3) is 0.571. The maximum atomic E-state index is 6.19. The molecule has 2 atom stereocenters. The molecule has 0 bridgehead atoms. The molecule has 0 amide bonds. The molecule has 0 aromatic heterocycles. The van der Waals surface area contributed by atoms with Crippen LogP contribution >= 0.6 is 11.6 Å². The number of ether oxygens (including phenoxy) is 1. The lowest BCUT2D eigenvalue weighted by Gasteiger charge is -2.23. The minimum Gasteiger partial charge on any atom is -0.383 e. The van der Waals surface area contributed by atoms with Crippen molar-refractivity contribution in [1.29, 1.82) is 0 Å². The molecule has 0 fully saturated rings. The van der Waals surface area contributed by atoms with Crippen LogP contribution < -0.4 is 5.32 Å². The minimum absolute atomic E-state index is 0.246. The van der Waals surface area contributed by atoms with Crippen molar-refractivity contribution in [3.63, 3.8) is 0 Å². The third kappa shape index (κ3) is 4.66. The van der Waals surface area contributed by atoms with Crippen molar-refractivity contribution in [1.82, 2.24) is 5.32 Å². The Balaban J connectivity index is 2.63. The molecule has 0 spiro atoms. The normalized spacial score (nSPS) is 14.6. The smallest absolute Gasteiger partial charge is 0.0616 e. The predicted molar refractivity (Wildman–Crippen MR) is 73.6 cm³/mol. The van der Waals surface area contributed by atoms with Crippen LogP contribution in [0, 0.1) is 0 Å². The van der Waals surface area contributed by atoms with Crippen molar-refractivity contribution in [3.8, 4) is 0 Å². The summed E-state index contributed by atoms with van der Waals surface area (Å²) in [6.07, 6.45) is 2.26. The average Bonchev–Trinajstić information content (AvgIpc) is 2.30. The summed E-state index contributed by atoms with van der Waals surface area (Å²) in [5.74, 6) is 0. The molecule has 0 aliphatic rings. The zero-order valence-corrected chi connectivity index (χ0v) is 11.6. The van der Waals surface area contributed by atoms with Gasteiger partial charge in [0.25, 0.3) is 0 Å². The third-order valence-electron chi connectivity index (χ3n) is 2.86. The van der Waals surface area contributed by atoms with Gasteiger partial charge in [-0.25, -0.2) is 0 Å². The Morgan fingerprint density at radius 1 is 1.35 bits per heavy atom. The number of methoxy groups -OCH3 is 1. The Morgan fingerprint density at radius 2 is 2.06 bits per heavy atom. The van der Waals surface area contributed by atoms with E-state index in [0.717, 1.165) is 30.0 Å². The van der Waals surface area contributed by atoms with E-state index < -0.39 is 0 Å². The van der Waals surface area contributed by atoms with E-state index in [9.17, 15) is 0 Å². The van der Waals surface area contributed by atoms with E-state index in [-0.39, 0.29) is 6.04 Å². The molecule has 17 heavy (non-hydrogen) atoms. The molecular weight excluding hydrogens is 234 g/mol. The number of halogens is 1. The molecule has 2 unspecified atom stereocenters. The molecule has 0 saturated heterocycles. The molecule has 0 aliphatic heterocycles. The molecule has 0 aliphatic carbocycles. The van der Waals surface area contributed by atoms with E-state index in [0.29, 0.717) is 6.04 Å². The first-order valence-electron chi connectivity index (χ1n) is 6.18. The number of rotatable bonds is 7. The Bertz CT molecular complexity index is 324. The highest BCUT2D eigenvalue weighted by Gasteiger charge is 2.14. The summed E-state index contributed by atoms with van der Waals surface area (Å²) in [6, 6.07) is 8.60. The molecule has 2 nitrogen and oxygen atoms in total. The molecule has 1 rings (SSSR count). The van der Waals surface area contributed by atoms with Gasteiger partial charge in [0.1, 0.15) is 0 Å². The van der Waals surface area contributed by atoms with E-state index in [1.54, 1.807) is 7.11 Å². The second-order valence-electron chi connectivity index (χ2n) is 4.35. The maximum absolute atomic E-state index is 6.19. The van der Waals surface area contributed by atoms with Crippen LogP contribution in [0.3, 0.4) is 0 Å². The van der Waals surface area contributed by atoms with Crippen molar-refractivity contribution < 1.29 is 4.74 Å². The monoisotopic (exact) mass is 255 g/mol. The molecular formula is C14H22ClNO. The Kier molecular flexibility index (Phi) is 6.56. The summed E-state index contributed by atoms with van der Waals surface area (Å²) >= 11 is 6.19. The Hall–Kier alpha value is -0.570. The van der Waals surface area contributed by atoms with E-state index in [1.807, 2.05) is 18.2 Å². The van der Waals surface area contributed by atoms with E-state index >= 15 is 0 Å². The van der Waals surface area contributed by atoms with Crippen molar-refractivity contribution in [2.45, 2.75) is 38.8 Å². The first-order chi connectivity index (χ1) is 8.19. The van der Waals surface area contributed by atoms with Crippen molar-refractivity contribution in [2.24, 2.45) is 0 Å². The summed E-state index contributed by atoms with van der Waals surface area (Å²) in [4.78, 5) is 0. The zero-order valence-electron chi connectivity index (χ0n) is 10.9. The quantitative estimate of drug-likeness (QED) is 0.800. The van der Waals surface area contributed by atoms with E-state index in [4.69, 9.17) is 16.3 Å². The van der Waals surface area contributed by atoms with Gasteiger partial charge in [-0.15, -0.1) is 0 Å². The number of nitrogens with one attached hydrogen (secondary N) is 1. The fourth-order valence-corrected chi connectivity index (χ4v) is 2.33. The van der Waals surface area contributed by atoms with Crippen LogP contribution in [0.1, 0.15) is 38.3 Å². The zero-order chi connectivity index (χ0) is 12.7. The molecule has 0 radical (unpaired) electrons. The lowest BCUT2D eigenvalue weighted by molar-refractivity contribution is 0.157. The first kappa shape index (κ1) is 14.5. The van der Waals surface area contributed by atoms with E-state index in [2.05, 4.69) is 25.2 Å². The van der Waals surface area contributed by atoms with Gasteiger partial charge in [0.2, 0.25) is 0 Å². The summed E-state index contributed by atoms with van der Waals surface area (Å²) in [6.45, 7) is 5.06. The largest absolute Gasteiger partial charge is 0.383 e. The van der Waals surface area contributed by atoms with Gasteiger partial charge >= 0.3 is 0 Å². The van der Waals surface area contributed by atoms with Gasteiger partial charge in [0.15, 0.2) is 0 Å². The standard InChI is InChI=1S/C14H22ClNO/c1-4-7-12(10-17-3)16-11(2)13-8-5-6-9-14(13)15/h5-6,8-9,11-12,16H,4,7,10H2,1-3H3. The summed E-state index contributed by atoms with van der Waals surface area (Å²) in [5.41, 5.74) is 1.14. The van der Waals surface area contributed by atoms with Gasteiger partial charge in [0, 0.05) is 24.2 Å². The van der Waals surface area contributed by atoms with Crippen LogP contribution in [0.4, 0.5) is 0 Å². The highest BCUT2D eigenvalue weighted by molar-refractivity contribution is 6.31. The van der Waals surface area contributed by atoms with Gasteiger partial charge in [-0.05, 0) is 25.0 Å². The Labute approximate surface area is 109 Å². The summed E-state index contributed by atoms with van der Waals surface area (Å²) < 4.78 is 5.23. The maximum Gasteiger partial charge on any atom is 0.0616 e. The van der Waals surface area contributed by atoms with Gasteiger partial charge in [0.05, 0.1) is 6.61 Å². The van der Waals surface area contributed by atoms with Crippen molar-refractivity contribution in [2.75, 3.05) is 13.7 Å². The van der Waals surface area contributed by atoms with Crippen LogP contribution in [-0.2, 0) is 4.74 Å². The topological polar surface area (TPSA) is 21.3 Å². The van der Waals surface area contributed by atoms with Crippen LogP contribution in [0.2, 0.25) is 5.02 Å². The Morgan fingerprint density at radius 3 is 2.65 bits per heavy atom. The van der Waals surface area contributed by atoms with E-state index in [1.165, 1.54) is 0 Å². The number of benzene rings is 1. The van der Waals surface area contributed by atoms with Crippen LogP contribution in [0.25, 0.3) is 0 Å². The van der Waals surface area contributed by atoms with Crippen molar-refractivity contribution >= 4 is 11.6 Å². The molecule has 3 heteroatoms. The fourth-order valence-electron chi connectivity index (χ4n) is 2.03. The van der Waals surface area contributed by atoms with Crippen LogP contribution in [-0.4, -0.2) is 19.8 Å². The lowest BCUT2D eigenvalue weighted by atomic mass is 10.1. The SMILES string of the molecule is CCCC(COC)NC(C)c1ccccc1Cl. The van der Waals surface area contributed by atoms with Gasteiger partial charge in [-0.2, -0.15) is 0 Å². The predicted octanol–water partition coefficient (Wildman–Crippen LogP) is 3.81. The van der Waals surface area contributed by atoms with Gasteiger partial charge in [-0.3, -0.25) is 0 Å². The van der Waals surface area contributed by atoms with Crippen molar-refractivity contribution in [3.05, 3.63) is 34.9 Å². The third-order valence-corrected chi connectivity index (χ3v) is 3.21. The van der Waals surface area contributed by atoms with Crippen LogP contribution in [0.15, 0.2) is 24.3 Å². The lowest BCUT2D eigenvalue weighted by Crippen LogP contribution is -2.35. The molecule has 1 aromatic rings. The van der Waals surface area contributed by atoms with Gasteiger partial charge in [-0.1, -0.05) is 43.1 Å². The second-order valence-corrected chi connectivity index (χ2v) is 4.76. The second kappa shape index (κ2) is 7.70. The van der Waals surface area contributed by atoms with Crippen LogP contribution in [0.5, 0.6) is 0 Å². The molecule has 0 heterocycles. The summed E-state index contributed by atoms with van der Waals surface area (Å²) in [5, 5.41) is 4.39. The minimum atomic E-state index is 0.246. The number of hydrogen-bond donors (Lipinski definition) is 1. The first-order valence-corrected chi connectivity index (χ1v) is 6.56. The summed E-state index contributed by atoms with van der Waals surface area (Å²) in [7, 11) is 1.74. The van der Waals surface area contributed by atoms with Gasteiger partial charge < -0.3 is 10.1 Å². The molecule has 0 saturated carbocycles. The highest BCUT2D eigenvalue weighted by Crippen LogP contribution is 2.22. The molecule has 1 N–H and O–H groups in total. The average molecular weight is 256 g/mol.